The molecular weight excluding hydrogens is 485 g/mol. The largest absolute Gasteiger partial charge is 0.372 e. The van der Waals surface area contributed by atoms with E-state index in [-0.39, 0.29) is 0 Å². The maximum atomic E-state index is 2.89. The lowest BCUT2D eigenvalue weighted by atomic mass is 9.92. The molecule has 37 heavy (non-hydrogen) atoms. The van der Waals surface area contributed by atoms with E-state index in [1.165, 1.54) is 36.1 Å². The van der Waals surface area contributed by atoms with Crippen LogP contribution in [0.4, 0.5) is 5.69 Å². The molecule has 1 fully saturated rings. The fourth-order valence-corrected chi connectivity index (χ4v) is 11.7. The first-order valence-corrected chi connectivity index (χ1v) is 17.7. The molecule has 0 aliphatic heterocycles. The first-order chi connectivity index (χ1) is 17.3. The normalized spacial score (nSPS) is 20.3. The quantitative estimate of drug-likeness (QED) is 0.193. The number of hydrogen-bond donors (Lipinski definition) is 0. The molecule has 0 saturated heterocycles. The minimum atomic E-state index is -0.570. The number of benzene rings is 1. The van der Waals surface area contributed by atoms with Gasteiger partial charge in [0.05, 0.1) is 8.22 Å². The molecule has 1 aromatic rings. The third-order valence-corrected chi connectivity index (χ3v) is 12.9. The van der Waals surface area contributed by atoms with E-state index in [2.05, 4.69) is 122 Å². The number of hydrogen-bond acceptors (Lipinski definition) is 3. The smallest absolute Gasteiger partial charge is 0.183 e. The molecule has 5 heteroatoms. The van der Waals surface area contributed by atoms with E-state index in [1.807, 2.05) is 5.31 Å². The lowest BCUT2D eigenvalue weighted by Gasteiger charge is -2.50. The maximum absolute atomic E-state index is 2.89. The summed E-state index contributed by atoms with van der Waals surface area (Å²) in [6, 6.07) is 9.18. The zero-order valence-electron chi connectivity index (χ0n) is 26.3. The summed E-state index contributed by atoms with van der Waals surface area (Å²) in [6.45, 7) is 31.3. The van der Waals surface area contributed by atoms with Crippen molar-refractivity contribution >= 4 is 23.6 Å². The van der Waals surface area contributed by atoms with E-state index in [4.69, 9.17) is 0 Å². The van der Waals surface area contributed by atoms with Crippen molar-refractivity contribution in [1.29, 1.82) is 0 Å². The van der Waals surface area contributed by atoms with E-state index in [9.17, 15) is 0 Å². The Kier molecular flexibility index (Phi) is 10.6. The molecule has 3 nitrogen and oxygen atoms in total. The van der Waals surface area contributed by atoms with Crippen molar-refractivity contribution in [3.8, 4) is 0 Å². The van der Waals surface area contributed by atoms with E-state index in [1.54, 1.807) is 5.70 Å². The van der Waals surface area contributed by atoms with Crippen molar-refractivity contribution in [2.45, 2.75) is 145 Å². The van der Waals surface area contributed by atoms with Gasteiger partial charge in [0.15, 0.2) is 9.68 Å². The molecule has 2 radical (unpaired) electrons. The topological polar surface area (TPSA) is 9.72 Å². The van der Waals surface area contributed by atoms with Crippen LogP contribution >= 0.6 is 8.22 Å². The Hall–Kier alpha value is -0.673. The number of para-hydroxylation sites is 1. The van der Waals surface area contributed by atoms with Crippen LogP contribution in [0.3, 0.4) is 0 Å². The van der Waals surface area contributed by atoms with Crippen LogP contribution in [0.1, 0.15) is 125 Å². The zero-order chi connectivity index (χ0) is 27.8. The van der Waals surface area contributed by atoms with E-state index in [0.29, 0.717) is 41.9 Å². The van der Waals surface area contributed by atoms with E-state index in [0.717, 1.165) is 15.6 Å². The van der Waals surface area contributed by atoms with Crippen molar-refractivity contribution in [2.24, 2.45) is 11.8 Å². The van der Waals surface area contributed by atoms with Crippen molar-refractivity contribution in [3.63, 3.8) is 0 Å². The van der Waals surface area contributed by atoms with Crippen molar-refractivity contribution in [2.75, 3.05) is 4.57 Å². The van der Waals surface area contributed by atoms with Gasteiger partial charge in [-0.15, -0.1) is 0 Å². The van der Waals surface area contributed by atoms with Gasteiger partial charge < -0.3 is 4.57 Å². The molecule has 0 aromatic heterocycles. The van der Waals surface area contributed by atoms with Crippen LogP contribution in [0.2, 0.25) is 6.55 Å². The Morgan fingerprint density at radius 1 is 0.703 bits per heavy atom. The predicted octanol–water partition coefficient (Wildman–Crippen LogP) is 9.60. The first kappa shape index (κ1) is 30.9. The molecule has 2 atom stereocenters. The average Bonchev–Trinajstić information content (AvgIpc) is 3.40. The molecule has 0 spiro atoms. The molecular formula is C32H56N3PSi. The zero-order valence-corrected chi connectivity index (χ0v) is 28.2. The van der Waals surface area contributed by atoms with Crippen LogP contribution in [0.15, 0.2) is 29.2 Å². The van der Waals surface area contributed by atoms with Crippen molar-refractivity contribution in [1.82, 2.24) is 9.34 Å². The molecule has 0 unspecified atom stereocenters. The van der Waals surface area contributed by atoms with Crippen LogP contribution in [0.25, 0.3) is 0 Å². The minimum absolute atomic E-state index is 0.516. The summed E-state index contributed by atoms with van der Waals surface area (Å²) in [5.74, 6) is 2.48. The van der Waals surface area contributed by atoms with Gasteiger partial charge in [-0.05, 0) is 109 Å². The SMILES string of the molecule is C[Si]N(C1=C(P(N(C(C)C)C(C)C)N(C(C)C)C(C)C)[C@@H]2CC[C@H]1C2)c1c(C(C)C)cccc1C(C)C. The summed E-state index contributed by atoms with van der Waals surface area (Å²) in [7, 11) is 0.171. The summed E-state index contributed by atoms with van der Waals surface area (Å²) in [5.41, 5.74) is 6.29. The second kappa shape index (κ2) is 12.7. The second-order valence-electron chi connectivity index (χ2n) is 13.1. The van der Waals surface area contributed by atoms with E-state index < -0.39 is 8.22 Å². The summed E-state index contributed by atoms with van der Waals surface area (Å²) in [5, 5.41) is 1.82. The Balaban J connectivity index is 2.37. The number of nitrogens with zero attached hydrogens (tertiary/aromatic N) is 3. The standard InChI is InChI=1S/C32H56N3PSi/c1-20(2)28-15-14-16-29(21(3)4)31(28)35(37-13)30-26-17-18-27(19-26)32(30)36(33(22(5)6)23(7)8)34(24(9)10)25(11)12/h14-16,20-27H,17-19H2,1-13H3/t26-,27+/m0/s1. The monoisotopic (exact) mass is 541 g/mol. The van der Waals surface area contributed by atoms with Crippen molar-refractivity contribution in [3.05, 3.63) is 40.3 Å². The van der Waals surface area contributed by atoms with Gasteiger partial charge in [-0.25, -0.2) is 0 Å². The second-order valence-corrected chi connectivity index (χ2v) is 15.9. The lowest BCUT2D eigenvalue weighted by molar-refractivity contribution is 0.257. The van der Waals surface area contributed by atoms with Crippen LogP contribution in [0.5, 0.6) is 0 Å². The van der Waals surface area contributed by atoms with E-state index >= 15 is 0 Å². The van der Waals surface area contributed by atoms with Gasteiger partial charge >= 0.3 is 0 Å². The molecule has 0 heterocycles. The number of anilines is 1. The molecule has 2 bridgehead atoms. The van der Waals surface area contributed by atoms with Gasteiger partial charge in [-0.1, -0.05) is 52.4 Å². The molecule has 2 aliphatic carbocycles. The molecule has 1 saturated carbocycles. The van der Waals surface area contributed by atoms with Crippen LogP contribution < -0.4 is 4.57 Å². The summed E-state index contributed by atoms with van der Waals surface area (Å²) >= 11 is 0. The van der Waals surface area contributed by atoms with Gasteiger partial charge in [0, 0.05) is 40.9 Å². The molecule has 3 rings (SSSR count). The molecule has 0 N–H and O–H groups in total. The average molecular weight is 542 g/mol. The van der Waals surface area contributed by atoms with Gasteiger partial charge in [-0.2, -0.15) is 0 Å². The molecule has 208 valence electrons. The predicted molar refractivity (Wildman–Crippen MR) is 168 cm³/mol. The third-order valence-electron chi connectivity index (χ3n) is 8.27. The molecule has 0 amide bonds. The summed E-state index contributed by atoms with van der Waals surface area (Å²) in [4.78, 5) is 0. The number of rotatable bonds is 12. The van der Waals surface area contributed by atoms with Gasteiger partial charge in [0.2, 0.25) is 0 Å². The van der Waals surface area contributed by atoms with Crippen LogP contribution in [0, 0.1) is 11.8 Å². The number of allylic oxidation sites excluding steroid dienone is 2. The Morgan fingerprint density at radius 3 is 1.51 bits per heavy atom. The maximum Gasteiger partial charge on any atom is 0.183 e. The Bertz CT molecular complexity index is 874. The third kappa shape index (κ3) is 6.08. The number of fused-ring (bicyclic) bond motifs is 2. The highest BCUT2D eigenvalue weighted by Crippen LogP contribution is 2.67. The summed E-state index contributed by atoms with van der Waals surface area (Å²) in [6.07, 6.45) is 4.10. The minimum Gasteiger partial charge on any atom is -0.372 e. The van der Waals surface area contributed by atoms with Gasteiger partial charge in [0.25, 0.3) is 0 Å². The lowest BCUT2D eigenvalue weighted by Crippen LogP contribution is -2.44. The fraction of sp³-hybridized carbons (Fsp3) is 0.750. The van der Waals surface area contributed by atoms with Crippen LogP contribution in [-0.4, -0.2) is 43.2 Å². The Morgan fingerprint density at radius 2 is 1.14 bits per heavy atom. The van der Waals surface area contributed by atoms with Gasteiger partial charge in [-0.3, -0.25) is 9.34 Å². The molecule has 2 aliphatic rings. The summed E-state index contributed by atoms with van der Waals surface area (Å²) < 4.78 is 8.62. The fourth-order valence-electron chi connectivity index (χ4n) is 7.02. The van der Waals surface area contributed by atoms with Crippen LogP contribution in [-0.2, 0) is 0 Å². The highest BCUT2D eigenvalue weighted by Gasteiger charge is 2.49. The highest BCUT2D eigenvalue weighted by molar-refractivity contribution is 7.57. The van der Waals surface area contributed by atoms with Crippen molar-refractivity contribution < 1.29 is 0 Å². The highest BCUT2D eigenvalue weighted by atomic mass is 31.1. The van der Waals surface area contributed by atoms with Gasteiger partial charge in [0.1, 0.15) is 0 Å². The Labute approximate surface area is 234 Å². The first-order valence-electron chi connectivity index (χ1n) is 15.0. The molecule has 1 aromatic carbocycles.